The predicted octanol–water partition coefficient (Wildman–Crippen LogP) is 2.20. The lowest BCUT2D eigenvalue weighted by atomic mass is 10.0. The van der Waals surface area contributed by atoms with Gasteiger partial charge in [0.25, 0.3) is 0 Å². The third-order valence-electron chi connectivity index (χ3n) is 3.48. The van der Waals surface area contributed by atoms with Gasteiger partial charge in [0.15, 0.2) is 10.9 Å². The molecule has 1 aromatic rings. The summed E-state index contributed by atoms with van der Waals surface area (Å²) in [5.41, 5.74) is 0.876. The Balaban J connectivity index is 1.92. The van der Waals surface area contributed by atoms with E-state index in [2.05, 4.69) is 11.6 Å². The maximum Gasteiger partial charge on any atom is 0.229 e. The second-order valence-corrected chi connectivity index (χ2v) is 5.73. The molecule has 1 aliphatic carbocycles. The molecule has 2 aliphatic rings. The van der Waals surface area contributed by atoms with Gasteiger partial charge in [-0.1, -0.05) is 17.4 Å². The largest absolute Gasteiger partial charge is 0.293 e. The van der Waals surface area contributed by atoms with Gasteiger partial charge in [-0.3, -0.25) is 14.5 Å². The van der Waals surface area contributed by atoms with Crippen LogP contribution in [0.1, 0.15) is 34.6 Å². The van der Waals surface area contributed by atoms with Crippen molar-refractivity contribution in [3.63, 3.8) is 0 Å². The predicted molar refractivity (Wildman–Crippen MR) is 70.0 cm³/mol. The average molecular weight is 262 g/mol. The monoisotopic (exact) mass is 262 g/mol. The summed E-state index contributed by atoms with van der Waals surface area (Å²) in [6, 6.07) is 0. The van der Waals surface area contributed by atoms with E-state index < -0.39 is 0 Å². The van der Waals surface area contributed by atoms with Crippen molar-refractivity contribution in [1.82, 2.24) is 4.98 Å². The fourth-order valence-electron chi connectivity index (χ4n) is 2.45. The Kier molecular flexibility index (Phi) is 2.78. The third kappa shape index (κ3) is 1.79. The Labute approximate surface area is 109 Å². The molecule has 1 aliphatic heterocycles. The quantitative estimate of drug-likeness (QED) is 0.768. The Bertz CT molecular complexity index is 535. The van der Waals surface area contributed by atoms with E-state index in [1.807, 2.05) is 6.08 Å². The fourth-order valence-corrected chi connectivity index (χ4v) is 3.56. The van der Waals surface area contributed by atoms with Gasteiger partial charge in [-0.25, -0.2) is 4.98 Å². The van der Waals surface area contributed by atoms with E-state index in [0.717, 1.165) is 23.4 Å². The number of nitrogens with zero attached hydrogens (tertiary/aromatic N) is 2. The maximum absolute atomic E-state index is 11.9. The summed E-state index contributed by atoms with van der Waals surface area (Å²) in [5, 5.41) is 0.685. The van der Waals surface area contributed by atoms with Crippen LogP contribution in [-0.4, -0.2) is 23.2 Å². The summed E-state index contributed by atoms with van der Waals surface area (Å²) in [4.78, 5) is 30.6. The van der Waals surface area contributed by atoms with Gasteiger partial charge in [-0.15, -0.1) is 6.58 Å². The zero-order valence-corrected chi connectivity index (χ0v) is 10.8. The molecule has 0 saturated carbocycles. The van der Waals surface area contributed by atoms with Crippen LogP contribution in [0.2, 0.25) is 0 Å². The SMILES string of the molecule is C=CC1CC(=O)N(c2nc3c(s2)C(=O)CCC3)C1. The van der Waals surface area contributed by atoms with Crippen molar-refractivity contribution in [3.05, 3.63) is 23.2 Å². The molecule has 0 radical (unpaired) electrons. The second kappa shape index (κ2) is 4.31. The van der Waals surface area contributed by atoms with Crippen LogP contribution >= 0.6 is 11.3 Å². The summed E-state index contributed by atoms with van der Waals surface area (Å²) in [7, 11) is 0. The molecule has 94 valence electrons. The van der Waals surface area contributed by atoms with Crippen LogP contribution in [0.3, 0.4) is 0 Å². The summed E-state index contributed by atoms with van der Waals surface area (Å²) in [6.45, 7) is 4.37. The molecule has 2 heterocycles. The summed E-state index contributed by atoms with van der Waals surface area (Å²) >= 11 is 1.37. The Morgan fingerprint density at radius 2 is 2.22 bits per heavy atom. The number of aryl methyl sites for hydroxylation is 1. The smallest absolute Gasteiger partial charge is 0.229 e. The first-order valence-corrected chi connectivity index (χ1v) is 6.96. The number of amides is 1. The number of hydrogen-bond acceptors (Lipinski definition) is 4. The van der Waals surface area contributed by atoms with Crippen molar-refractivity contribution < 1.29 is 9.59 Å². The molecule has 1 fully saturated rings. The number of hydrogen-bond donors (Lipinski definition) is 0. The minimum absolute atomic E-state index is 0.0819. The van der Waals surface area contributed by atoms with Crippen molar-refractivity contribution in [2.45, 2.75) is 25.7 Å². The van der Waals surface area contributed by atoms with Gasteiger partial charge >= 0.3 is 0 Å². The van der Waals surface area contributed by atoms with Crippen LogP contribution in [0, 0.1) is 5.92 Å². The minimum Gasteiger partial charge on any atom is -0.293 e. The van der Waals surface area contributed by atoms with E-state index in [1.54, 1.807) is 4.90 Å². The highest BCUT2D eigenvalue weighted by Crippen LogP contribution is 2.34. The van der Waals surface area contributed by atoms with Gasteiger partial charge in [0.2, 0.25) is 5.91 Å². The summed E-state index contributed by atoms with van der Waals surface area (Å²) in [6.07, 6.45) is 4.65. The van der Waals surface area contributed by atoms with Gasteiger partial charge in [-0.05, 0) is 12.8 Å². The topological polar surface area (TPSA) is 50.3 Å². The molecule has 1 aromatic heterocycles. The van der Waals surface area contributed by atoms with E-state index in [4.69, 9.17) is 0 Å². The number of rotatable bonds is 2. The fraction of sp³-hybridized carbons (Fsp3) is 0.462. The average Bonchev–Trinajstić information content (AvgIpc) is 2.93. The van der Waals surface area contributed by atoms with Gasteiger partial charge in [0, 0.05) is 25.3 Å². The number of aromatic nitrogens is 1. The molecule has 1 saturated heterocycles. The number of thiazole rings is 1. The van der Waals surface area contributed by atoms with E-state index in [-0.39, 0.29) is 17.6 Å². The molecule has 0 N–H and O–H groups in total. The third-order valence-corrected chi connectivity index (χ3v) is 4.64. The molecule has 5 heteroatoms. The highest BCUT2D eigenvalue weighted by molar-refractivity contribution is 7.17. The molecule has 0 bridgehead atoms. The molecular weight excluding hydrogens is 248 g/mol. The number of carbonyl (C=O) groups is 2. The summed E-state index contributed by atoms with van der Waals surface area (Å²) < 4.78 is 0. The van der Waals surface area contributed by atoms with Crippen LogP contribution in [0.25, 0.3) is 0 Å². The first-order chi connectivity index (χ1) is 8.69. The van der Waals surface area contributed by atoms with Gasteiger partial charge in [0.05, 0.1) is 10.6 Å². The molecular formula is C13H14N2O2S. The first-order valence-electron chi connectivity index (χ1n) is 6.15. The Morgan fingerprint density at radius 1 is 1.39 bits per heavy atom. The van der Waals surface area contributed by atoms with E-state index in [1.165, 1.54) is 11.3 Å². The van der Waals surface area contributed by atoms with Crippen molar-refractivity contribution in [1.29, 1.82) is 0 Å². The normalized spacial score (nSPS) is 23.3. The Hall–Kier alpha value is -1.49. The van der Waals surface area contributed by atoms with E-state index >= 15 is 0 Å². The van der Waals surface area contributed by atoms with Crippen molar-refractivity contribution in [3.8, 4) is 0 Å². The number of carbonyl (C=O) groups excluding carboxylic acids is 2. The van der Waals surface area contributed by atoms with Gasteiger partial charge in [0.1, 0.15) is 0 Å². The molecule has 3 rings (SSSR count). The van der Waals surface area contributed by atoms with Crippen molar-refractivity contribution in [2.75, 3.05) is 11.4 Å². The van der Waals surface area contributed by atoms with Crippen LogP contribution in [-0.2, 0) is 11.2 Å². The number of fused-ring (bicyclic) bond motifs is 1. The zero-order chi connectivity index (χ0) is 12.7. The van der Waals surface area contributed by atoms with E-state index in [9.17, 15) is 9.59 Å². The summed E-state index contributed by atoms with van der Waals surface area (Å²) in [5.74, 6) is 0.458. The molecule has 18 heavy (non-hydrogen) atoms. The Morgan fingerprint density at radius 3 is 2.89 bits per heavy atom. The minimum atomic E-state index is 0.0819. The standard InChI is InChI=1S/C13H14N2O2S/c1-2-8-6-11(17)15(7-8)13-14-9-4-3-5-10(16)12(9)18-13/h2,8H,1,3-7H2. The first kappa shape index (κ1) is 11.6. The lowest BCUT2D eigenvalue weighted by Crippen LogP contribution is -2.24. The number of ketones is 1. The van der Waals surface area contributed by atoms with Crippen LogP contribution in [0.4, 0.5) is 5.13 Å². The lowest BCUT2D eigenvalue weighted by Gasteiger charge is -2.11. The lowest BCUT2D eigenvalue weighted by molar-refractivity contribution is -0.117. The maximum atomic E-state index is 11.9. The van der Waals surface area contributed by atoms with Crippen LogP contribution in [0.5, 0.6) is 0 Å². The highest BCUT2D eigenvalue weighted by Gasteiger charge is 2.32. The highest BCUT2D eigenvalue weighted by atomic mass is 32.1. The van der Waals surface area contributed by atoms with Gasteiger partial charge < -0.3 is 0 Å². The van der Waals surface area contributed by atoms with Crippen LogP contribution < -0.4 is 4.90 Å². The number of Topliss-reactive ketones (excluding diaryl/α,β-unsaturated/α-hetero) is 1. The van der Waals surface area contributed by atoms with E-state index in [0.29, 0.717) is 24.5 Å². The molecule has 1 amide bonds. The second-order valence-electron chi connectivity index (χ2n) is 4.75. The van der Waals surface area contributed by atoms with Crippen LogP contribution in [0.15, 0.2) is 12.7 Å². The molecule has 4 nitrogen and oxygen atoms in total. The molecule has 1 atom stereocenters. The molecule has 0 spiro atoms. The zero-order valence-electron chi connectivity index (χ0n) is 10.0. The van der Waals surface area contributed by atoms with Crippen molar-refractivity contribution >= 4 is 28.2 Å². The number of anilines is 1. The molecule has 1 unspecified atom stereocenters. The van der Waals surface area contributed by atoms with Crippen molar-refractivity contribution in [2.24, 2.45) is 5.92 Å². The molecule has 0 aromatic carbocycles. The van der Waals surface area contributed by atoms with Gasteiger partial charge in [-0.2, -0.15) is 0 Å².